The molecule has 1 aliphatic heterocycles. The molecule has 0 N–H and O–H groups in total. The summed E-state index contributed by atoms with van der Waals surface area (Å²) >= 11 is 0. The lowest BCUT2D eigenvalue weighted by atomic mass is 10.1. The molecule has 0 saturated heterocycles. The highest BCUT2D eigenvalue weighted by atomic mass is 15.2. The van der Waals surface area contributed by atoms with Gasteiger partial charge in [-0.2, -0.15) is 0 Å². The number of hydrogen-bond acceptors (Lipinski definition) is 1. The minimum absolute atomic E-state index is 0.434. The fraction of sp³-hybridized carbons (Fsp3) is 0.222. The molecule has 1 nitrogen and oxygen atoms in total. The Morgan fingerprint density at radius 2 is 1.74 bits per heavy atom. The Morgan fingerprint density at radius 1 is 1.00 bits per heavy atom. The number of nitrogens with zero attached hydrogens (tertiary/aromatic N) is 1. The third kappa shape index (κ3) is 2.55. The first-order valence-electron chi connectivity index (χ1n) is 6.92. The predicted molar refractivity (Wildman–Crippen MR) is 82.4 cm³/mol. The van der Waals surface area contributed by atoms with Crippen molar-refractivity contribution in [3.8, 4) is 0 Å². The summed E-state index contributed by atoms with van der Waals surface area (Å²) in [5.41, 5.74) is 4.14. The number of rotatable bonds is 3. The average Bonchev–Trinajstić information content (AvgIpc) is 2.90. The summed E-state index contributed by atoms with van der Waals surface area (Å²) in [6.45, 7) is 3.39. The van der Waals surface area contributed by atoms with Crippen molar-refractivity contribution >= 4 is 11.8 Å². The van der Waals surface area contributed by atoms with Gasteiger partial charge >= 0.3 is 0 Å². The van der Waals surface area contributed by atoms with Crippen molar-refractivity contribution in [2.24, 2.45) is 0 Å². The van der Waals surface area contributed by atoms with Crippen LogP contribution >= 0.6 is 0 Å². The molecule has 1 aliphatic rings. The second-order valence-corrected chi connectivity index (χ2v) is 5.08. The lowest BCUT2D eigenvalue weighted by molar-refractivity contribution is 0.767. The van der Waals surface area contributed by atoms with Crippen molar-refractivity contribution in [2.75, 3.05) is 11.4 Å². The van der Waals surface area contributed by atoms with Crippen LogP contribution in [0.1, 0.15) is 18.1 Å². The Balaban J connectivity index is 1.76. The van der Waals surface area contributed by atoms with E-state index in [2.05, 4.69) is 78.6 Å². The fourth-order valence-electron chi connectivity index (χ4n) is 2.71. The second kappa shape index (κ2) is 5.31. The quantitative estimate of drug-likeness (QED) is 0.790. The number of para-hydroxylation sites is 1. The SMILES string of the molecule is C[C@@H](/C=C/c1ccccc1)N1CCc2ccccc21. The van der Waals surface area contributed by atoms with E-state index in [1.54, 1.807) is 0 Å². The van der Waals surface area contributed by atoms with Crippen molar-refractivity contribution in [1.82, 2.24) is 0 Å². The maximum atomic E-state index is 2.48. The van der Waals surface area contributed by atoms with Crippen LogP contribution in [0.4, 0.5) is 5.69 Å². The Hall–Kier alpha value is -2.02. The van der Waals surface area contributed by atoms with Crippen molar-refractivity contribution in [3.63, 3.8) is 0 Å². The van der Waals surface area contributed by atoms with Gasteiger partial charge in [-0.3, -0.25) is 0 Å². The van der Waals surface area contributed by atoms with Crippen LogP contribution in [0.3, 0.4) is 0 Å². The van der Waals surface area contributed by atoms with Crippen LogP contribution in [0.25, 0.3) is 6.08 Å². The zero-order chi connectivity index (χ0) is 13.1. The van der Waals surface area contributed by atoms with Gasteiger partial charge in [-0.25, -0.2) is 0 Å². The summed E-state index contributed by atoms with van der Waals surface area (Å²) in [6, 6.07) is 19.7. The zero-order valence-corrected chi connectivity index (χ0v) is 11.3. The molecule has 0 radical (unpaired) electrons. The molecule has 0 spiro atoms. The Bertz CT molecular complexity index is 571. The van der Waals surface area contributed by atoms with E-state index in [0.29, 0.717) is 6.04 Å². The lowest BCUT2D eigenvalue weighted by Crippen LogP contribution is -2.29. The molecule has 0 aliphatic carbocycles. The van der Waals surface area contributed by atoms with Crippen LogP contribution in [0.15, 0.2) is 60.7 Å². The third-order valence-corrected chi connectivity index (χ3v) is 3.78. The molecule has 19 heavy (non-hydrogen) atoms. The fourth-order valence-corrected chi connectivity index (χ4v) is 2.71. The second-order valence-electron chi connectivity index (χ2n) is 5.08. The van der Waals surface area contributed by atoms with Gasteiger partial charge in [-0.15, -0.1) is 0 Å². The van der Waals surface area contributed by atoms with Crippen LogP contribution in [0.2, 0.25) is 0 Å². The molecule has 0 amide bonds. The lowest BCUT2D eigenvalue weighted by Gasteiger charge is -2.24. The maximum absolute atomic E-state index is 2.48. The Kier molecular flexibility index (Phi) is 3.37. The van der Waals surface area contributed by atoms with Crippen LogP contribution in [-0.2, 0) is 6.42 Å². The molecule has 3 rings (SSSR count). The first kappa shape index (κ1) is 12.0. The summed E-state index contributed by atoms with van der Waals surface area (Å²) < 4.78 is 0. The number of benzene rings is 2. The predicted octanol–water partition coefficient (Wildman–Crippen LogP) is 4.15. The third-order valence-electron chi connectivity index (χ3n) is 3.78. The Morgan fingerprint density at radius 3 is 2.58 bits per heavy atom. The molecule has 0 fully saturated rings. The highest BCUT2D eigenvalue weighted by Crippen LogP contribution is 2.29. The molecule has 96 valence electrons. The van der Waals surface area contributed by atoms with E-state index in [9.17, 15) is 0 Å². The Labute approximate surface area is 115 Å². The summed E-state index contributed by atoms with van der Waals surface area (Å²) in [4.78, 5) is 2.48. The van der Waals surface area contributed by atoms with Crippen molar-refractivity contribution in [3.05, 3.63) is 71.8 Å². The molecule has 1 heteroatoms. The molecule has 2 aromatic carbocycles. The maximum Gasteiger partial charge on any atom is 0.0448 e. The summed E-state index contributed by atoms with van der Waals surface area (Å²) in [5, 5.41) is 0. The van der Waals surface area contributed by atoms with Crippen molar-refractivity contribution < 1.29 is 0 Å². The number of fused-ring (bicyclic) bond motifs is 1. The normalized spacial score (nSPS) is 15.7. The van der Waals surface area contributed by atoms with E-state index in [1.807, 2.05) is 0 Å². The number of hydrogen-bond donors (Lipinski definition) is 0. The molecule has 2 aromatic rings. The van der Waals surface area contributed by atoms with Gasteiger partial charge in [-0.05, 0) is 30.5 Å². The van der Waals surface area contributed by atoms with E-state index >= 15 is 0 Å². The molecular weight excluding hydrogens is 230 g/mol. The summed E-state index contributed by atoms with van der Waals surface area (Å²) in [6.07, 6.45) is 5.67. The number of anilines is 1. The van der Waals surface area contributed by atoms with E-state index in [1.165, 1.54) is 23.2 Å². The molecule has 1 atom stereocenters. The van der Waals surface area contributed by atoms with Gasteiger partial charge in [0.25, 0.3) is 0 Å². The van der Waals surface area contributed by atoms with E-state index in [4.69, 9.17) is 0 Å². The zero-order valence-electron chi connectivity index (χ0n) is 11.3. The smallest absolute Gasteiger partial charge is 0.0448 e. The van der Waals surface area contributed by atoms with Gasteiger partial charge in [0.15, 0.2) is 0 Å². The van der Waals surface area contributed by atoms with Gasteiger partial charge < -0.3 is 4.90 Å². The van der Waals surface area contributed by atoms with Gasteiger partial charge in [0.2, 0.25) is 0 Å². The van der Waals surface area contributed by atoms with Crippen LogP contribution in [0, 0.1) is 0 Å². The van der Waals surface area contributed by atoms with E-state index in [-0.39, 0.29) is 0 Å². The standard InChI is InChI=1S/C18H19N/c1-15(11-12-16-7-3-2-4-8-16)19-14-13-17-9-5-6-10-18(17)19/h2-12,15H,13-14H2,1H3/b12-11+/t15-/m0/s1. The minimum atomic E-state index is 0.434. The highest BCUT2D eigenvalue weighted by molar-refractivity contribution is 5.60. The largest absolute Gasteiger partial charge is 0.365 e. The minimum Gasteiger partial charge on any atom is -0.365 e. The topological polar surface area (TPSA) is 3.24 Å². The summed E-state index contributed by atoms with van der Waals surface area (Å²) in [5.74, 6) is 0. The first-order chi connectivity index (χ1) is 9.34. The first-order valence-corrected chi connectivity index (χ1v) is 6.92. The van der Waals surface area contributed by atoms with Crippen LogP contribution < -0.4 is 4.90 Å². The molecular formula is C18H19N. The van der Waals surface area contributed by atoms with Gasteiger partial charge in [0.1, 0.15) is 0 Å². The van der Waals surface area contributed by atoms with Crippen LogP contribution in [0.5, 0.6) is 0 Å². The van der Waals surface area contributed by atoms with Gasteiger partial charge in [0, 0.05) is 18.3 Å². The average molecular weight is 249 g/mol. The van der Waals surface area contributed by atoms with E-state index in [0.717, 1.165) is 6.54 Å². The molecule has 0 aromatic heterocycles. The molecule has 1 heterocycles. The van der Waals surface area contributed by atoms with Gasteiger partial charge in [0.05, 0.1) is 0 Å². The molecule has 0 unspecified atom stereocenters. The highest BCUT2D eigenvalue weighted by Gasteiger charge is 2.20. The van der Waals surface area contributed by atoms with Crippen molar-refractivity contribution in [1.29, 1.82) is 0 Å². The monoisotopic (exact) mass is 249 g/mol. The van der Waals surface area contributed by atoms with Crippen LogP contribution in [-0.4, -0.2) is 12.6 Å². The molecule has 0 bridgehead atoms. The van der Waals surface area contributed by atoms with E-state index < -0.39 is 0 Å². The van der Waals surface area contributed by atoms with Gasteiger partial charge in [-0.1, -0.05) is 60.7 Å². The molecule has 0 saturated carbocycles. The van der Waals surface area contributed by atoms with Crippen molar-refractivity contribution in [2.45, 2.75) is 19.4 Å². The summed E-state index contributed by atoms with van der Waals surface area (Å²) in [7, 11) is 0.